The van der Waals surface area contributed by atoms with Crippen molar-refractivity contribution in [2.24, 2.45) is 17.8 Å². The van der Waals surface area contributed by atoms with E-state index in [1.54, 1.807) is 6.08 Å². The highest BCUT2D eigenvalue weighted by atomic mass is 16.7. The number of ether oxygens (including phenoxy) is 2. The van der Waals surface area contributed by atoms with Crippen LogP contribution in [0.3, 0.4) is 0 Å². The average molecular weight is 302 g/mol. The molecular weight excluding hydrogens is 280 g/mol. The first kappa shape index (κ1) is 14.4. The van der Waals surface area contributed by atoms with Crippen LogP contribution in [-0.2, 0) is 9.47 Å². The zero-order valence-electron chi connectivity index (χ0n) is 12.5. The van der Waals surface area contributed by atoms with Gasteiger partial charge in [0.2, 0.25) is 0 Å². The highest BCUT2D eigenvalue weighted by molar-refractivity contribution is 5.22. The van der Waals surface area contributed by atoms with Crippen molar-refractivity contribution in [3.8, 4) is 0 Å². The van der Waals surface area contributed by atoms with E-state index in [2.05, 4.69) is 0 Å². The third-order valence-corrected chi connectivity index (χ3v) is 5.47. The normalized spacial score (nSPS) is 37.4. The number of fused-ring (bicyclic) bond motifs is 2. The summed E-state index contributed by atoms with van der Waals surface area (Å²) < 4.78 is 11.6. The lowest BCUT2D eigenvalue weighted by atomic mass is 9.67. The molecule has 0 amide bonds. The fourth-order valence-corrected chi connectivity index (χ4v) is 4.32. The Hall–Kier alpha value is -1.20. The summed E-state index contributed by atoms with van der Waals surface area (Å²) in [5, 5.41) is 20.6. The summed E-state index contributed by atoms with van der Waals surface area (Å²) in [5.41, 5.74) is 0.871. The molecular formula is C18H22O4. The Labute approximate surface area is 130 Å². The second-order valence-electron chi connectivity index (χ2n) is 6.60. The van der Waals surface area contributed by atoms with Crippen LogP contribution in [0.2, 0.25) is 0 Å². The first-order valence-corrected chi connectivity index (χ1v) is 8.07. The average Bonchev–Trinajstić information content (AvgIpc) is 3.12. The topological polar surface area (TPSA) is 58.9 Å². The van der Waals surface area contributed by atoms with E-state index < -0.39 is 11.9 Å². The number of hydrogen-bond acceptors (Lipinski definition) is 4. The van der Waals surface area contributed by atoms with E-state index in [-0.39, 0.29) is 17.9 Å². The van der Waals surface area contributed by atoms with Crippen LogP contribution >= 0.6 is 0 Å². The minimum atomic E-state index is -0.625. The van der Waals surface area contributed by atoms with Crippen LogP contribution in [-0.4, -0.2) is 35.3 Å². The lowest BCUT2D eigenvalue weighted by Crippen LogP contribution is -2.53. The van der Waals surface area contributed by atoms with Crippen LogP contribution in [0.1, 0.15) is 24.5 Å². The first-order chi connectivity index (χ1) is 10.7. The molecule has 4 rings (SSSR count). The van der Waals surface area contributed by atoms with Gasteiger partial charge < -0.3 is 19.7 Å². The summed E-state index contributed by atoms with van der Waals surface area (Å²) >= 11 is 0. The van der Waals surface area contributed by atoms with Crippen molar-refractivity contribution in [2.45, 2.75) is 30.8 Å². The largest absolute Gasteiger partial charge is 0.392 e. The maximum absolute atomic E-state index is 10.4. The van der Waals surface area contributed by atoms with Gasteiger partial charge in [0.25, 0.3) is 0 Å². The van der Waals surface area contributed by atoms with Crippen LogP contribution in [0, 0.1) is 17.8 Å². The Balaban J connectivity index is 1.44. The molecule has 2 saturated carbocycles. The standard InChI is InChI=1S/C18H22O4/c19-16(12-4-2-1-3-5-12)7-6-13-14-11-18(21-8-9-22-18)15(14)10-17(13)20/h1-7,13-17,19-20H,8-11H2/t13?,14-,15-,16?,17?/m0/s1. The Kier molecular flexibility index (Phi) is 3.57. The molecule has 4 nitrogen and oxygen atoms in total. The van der Waals surface area contributed by atoms with E-state index in [1.807, 2.05) is 36.4 Å². The van der Waals surface area contributed by atoms with Gasteiger partial charge in [0, 0.05) is 18.3 Å². The minimum absolute atomic E-state index is 0.0850. The maximum Gasteiger partial charge on any atom is 0.171 e. The summed E-state index contributed by atoms with van der Waals surface area (Å²) in [6.45, 7) is 1.32. The van der Waals surface area contributed by atoms with Gasteiger partial charge in [-0.05, 0) is 17.9 Å². The van der Waals surface area contributed by atoms with Crippen molar-refractivity contribution in [3.63, 3.8) is 0 Å². The summed E-state index contributed by atoms with van der Waals surface area (Å²) in [7, 11) is 0. The highest BCUT2D eigenvalue weighted by Crippen LogP contribution is 2.60. The molecule has 3 aliphatic rings. The van der Waals surface area contributed by atoms with Gasteiger partial charge in [-0.15, -0.1) is 0 Å². The number of rotatable bonds is 3. The minimum Gasteiger partial charge on any atom is -0.392 e. The van der Waals surface area contributed by atoms with E-state index in [0.717, 1.165) is 18.4 Å². The maximum atomic E-state index is 10.4. The van der Waals surface area contributed by atoms with Crippen molar-refractivity contribution >= 4 is 0 Å². The monoisotopic (exact) mass is 302 g/mol. The molecule has 22 heavy (non-hydrogen) atoms. The first-order valence-electron chi connectivity index (χ1n) is 8.07. The van der Waals surface area contributed by atoms with E-state index in [1.165, 1.54) is 0 Å². The SMILES string of the molecule is OC(C=CC1C(O)C[C@H]2[C@H]1CC21OCCO1)c1ccccc1. The van der Waals surface area contributed by atoms with Gasteiger partial charge in [-0.2, -0.15) is 0 Å². The van der Waals surface area contributed by atoms with Crippen LogP contribution in [0.15, 0.2) is 42.5 Å². The molecule has 1 aromatic rings. The molecule has 0 aromatic heterocycles. The molecule has 4 heteroatoms. The van der Waals surface area contributed by atoms with E-state index >= 15 is 0 Å². The molecule has 0 radical (unpaired) electrons. The molecule has 1 spiro atoms. The molecule has 118 valence electrons. The second kappa shape index (κ2) is 5.46. The highest BCUT2D eigenvalue weighted by Gasteiger charge is 2.64. The van der Waals surface area contributed by atoms with Crippen molar-refractivity contribution in [2.75, 3.05) is 13.2 Å². The van der Waals surface area contributed by atoms with Gasteiger partial charge >= 0.3 is 0 Å². The van der Waals surface area contributed by atoms with Gasteiger partial charge in [0.05, 0.1) is 25.4 Å². The van der Waals surface area contributed by atoms with Crippen LogP contribution in [0.4, 0.5) is 0 Å². The predicted molar refractivity (Wildman–Crippen MR) is 80.9 cm³/mol. The second-order valence-corrected chi connectivity index (χ2v) is 6.60. The van der Waals surface area contributed by atoms with Crippen molar-refractivity contribution in [1.29, 1.82) is 0 Å². The van der Waals surface area contributed by atoms with E-state index in [0.29, 0.717) is 19.1 Å². The van der Waals surface area contributed by atoms with Gasteiger partial charge in [-0.1, -0.05) is 42.5 Å². The molecule has 5 atom stereocenters. The van der Waals surface area contributed by atoms with Crippen LogP contribution in [0.5, 0.6) is 0 Å². The van der Waals surface area contributed by atoms with Gasteiger partial charge in [-0.25, -0.2) is 0 Å². The Bertz CT molecular complexity index is 549. The lowest BCUT2D eigenvalue weighted by Gasteiger charge is -2.49. The van der Waals surface area contributed by atoms with Crippen LogP contribution < -0.4 is 0 Å². The zero-order valence-corrected chi connectivity index (χ0v) is 12.5. The number of benzene rings is 1. The van der Waals surface area contributed by atoms with E-state index in [4.69, 9.17) is 9.47 Å². The molecule has 1 saturated heterocycles. The lowest BCUT2D eigenvalue weighted by molar-refractivity contribution is -0.270. The quantitative estimate of drug-likeness (QED) is 0.839. The summed E-state index contributed by atoms with van der Waals surface area (Å²) in [4.78, 5) is 0. The third-order valence-electron chi connectivity index (χ3n) is 5.47. The number of hydrogen-bond donors (Lipinski definition) is 2. The summed E-state index contributed by atoms with van der Waals surface area (Å²) in [5.74, 6) is 0.342. The fourth-order valence-electron chi connectivity index (χ4n) is 4.32. The molecule has 1 heterocycles. The smallest absolute Gasteiger partial charge is 0.171 e. The number of aliphatic hydroxyl groups is 2. The molecule has 0 bridgehead atoms. The molecule has 1 aliphatic heterocycles. The zero-order chi connectivity index (χ0) is 15.2. The Morgan fingerprint density at radius 2 is 1.91 bits per heavy atom. The molecule has 3 fully saturated rings. The van der Waals surface area contributed by atoms with E-state index in [9.17, 15) is 10.2 Å². The van der Waals surface area contributed by atoms with Gasteiger partial charge in [0.15, 0.2) is 5.79 Å². The molecule has 3 unspecified atom stereocenters. The van der Waals surface area contributed by atoms with Crippen molar-refractivity contribution < 1.29 is 19.7 Å². The predicted octanol–water partition coefficient (Wildman–Crippen LogP) is 2.04. The van der Waals surface area contributed by atoms with Crippen molar-refractivity contribution in [1.82, 2.24) is 0 Å². The Morgan fingerprint density at radius 3 is 2.64 bits per heavy atom. The van der Waals surface area contributed by atoms with Crippen molar-refractivity contribution in [3.05, 3.63) is 48.0 Å². The number of aliphatic hydroxyl groups excluding tert-OH is 2. The molecule has 2 N–H and O–H groups in total. The molecule has 1 aromatic carbocycles. The summed E-state index contributed by atoms with van der Waals surface area (Å²) in [6, 6.07) is 9.57. The van der Waals surface area contributed by atoms with Gasteiger partial charge in [0.1, 0.15) is 0 Å². The molecule has 2 aliphatic carbocycles. The summed E-state index contributed by atoms with van der Waals surface area (Å²) in [6.07, 6.45) is 4.36. The van der Waals surface area contributed by atoms with Gasteiger partial charge in [-0.3, -0.25) is 0 Å². The Morgan fingerprint density at radius 1 is 1.18 bits per heavy atom. The van der Waals surface area contributed by atoms with Crippen LogP contribution in [0.25, 0.3) is 0 Å². The fraction of sp³-hybridized carbons (Fsp3) is 0.556. The third kappa shape index (κ3) is 2.22.